The van der Waals surface area contributed by atoms with Crippen molar-refractivity contribution in [2.45, 2.75) is 38.6 Å². The van der Waals surface area contributed by atoms with Crippen LogP contribution in [0.15, 0.2) is 0 Å². The van der Waals surface area contributed by atoms with Gasteiger partial charge in [-0.2, -0.15) is 0 Å². The highest BCUT2D eigenvalue weighted by Crippen LogP contribution is 2.42. The quantitative estimate of drug-likeness (QED) is 0.535. The fourth-order valence-corrected chi connectivity index (χ4v) is 2.54. The number of barbiturate groups is 1. The van der Waals surface area contributed by atoms with Crippen molar-refractivity contribution in [2.24, 2.45) is 5.41 Å². The van der Waals surface area contributed by atoms with Gasteiger partial charge in [-0.3, -0.25) is 14.9 Å². The lowest BCUT2D eigenvalue weighted by Crippen LogP contribution is -2.64. The lowest BCUT2D eigenvalue weighted by Gasteiger charge is -2.38. The van der Waals surface area contributed by atoms with E-state index in [-0.39, 0.29) is 0 Å². The molecule has 1 saturated carbocycles. The number of rotatable bonds is 1. The monoisotopic (exact) mass is 234 g/mol. The first-order chi connectivity index (χ1) is 8.03. The summed E-state index contributed by atoms with van der Waals surface area (Å²) in [5.74, 6) is 1.45. The molecule has 1 spiro atoms. The SMILES string of the molecule is C#CC(C)N1C(=O)NC(=O)C2(CCCC2)C1=O. The predicted octanol–water partition coefficient (Wildman–Crippen LogP) is 0.647. The number of carbonyl (C=O) groups is 3. The van der Waals surface area contributed by atoms with E-state index in [9.17, 15) is 14.4 Å². The van der Waals surface area contributed by atoms with E-state index in [0.717, 1.165) is 17.7 Å². The van der Waals surface area contributed by atoms with Crippen LogP contribution in [-0.2, 0) is 9.59 Å². The number of hydrogen-bond donors (Lipinski definition) is 1. The van der Waals surface area contributed by atoms with Gasteiger partial charge in [-0.05, 0) is 19.8 Å². The first kappa shape index (κ1) is 11.6. The Hall–Kier alpha value is -1.83. The van der Waals surface area contributed by atoms with Gasteiger partial charge in [0.2, 0.25) is 11.8 Å². The summed E-state index contributed by atoms with van der Waals surface area (Å²) < 4.78 is 0. The van der Waals surface area contributed by atoms with Crippen LogP contribution in [0.2, 0.25) is 0 Å². The summed E-state index contributed by atoms with van der Waals surface area (Å²) in [6.07, 6.45) is 7.89. The van der Waals surface area contributed by atoms with Crippen molar-refractivity contribution in [2.75, 3.05) is 0 Å². The van der Waals surface area contributed by atoms with Gasteiger partial charge in [0.1, 0.15) is 5.41 Å². The normalized spacial score (nSPS) is 24.7. The molecule has 1 unspecified atom stereocenters. The maximum absolute atomic E-state index is 12.3. The smallest absolute Gasteiger partial charge is 0.277 e. The molecule has 4 amide bonds. The molecule has 1 saturated heterocycles. The molecule has 0 radical (unpaired) electrons. The van der Waals surface area contributed by atoms with Crippen LogP contribution in [0.1, 0.15) is 32.6 Å². The number of nitrogens with one attached hydrogen (secondary N) is 1. The number of nitrogens with zero attached hydrogens (tertiary/aromatic N) is 1. The minimum Gasteiger partial charge on any atom is -0.277 e. The Labute approximate surface area is 99.5 Å². The van der Waals surface area contributed by atoms with E-state index < -0.39 is 29.3 Å². The third-order valence-corrected chi connectivity index (χ3v) is 3.59. The molecule has 0 aromatic carbocycles. The molecule has 2 rings (SSSR count). The zero-order chi connectivity index (χ0) is 12.6. The van der Waals surface area contributed by atoms with Crippen LogP contribution in [-0.4, -0.2) is 28.8 Å². The molecule has 2 fully saturated rings. The topological polar surface area (TPSA) is 66.5 Å². The van der Waals surface area contributed by atoms with Crippen molar-refractivity contribution < 1.29 is 14.4 Å². The van der Waals surface area contributed by atoms with Gasteiger partial charge in [0.25, 0.3) is 0 Å². The summed E-state index contributed by atoms with van der Waals surface area (Å²) in [4.78, 5) is 36.8. The number of urea groups is 1. The Morgan fingerprint density at radius 2 is 1.94 bits per heavy atom. The van der Waals surface area contributed by atoms with Crippen LogP contribution in [0.3, 0.4) is 0 Å². The van der Waals surface area contributed by atoms with Crippen molar-refractivity contribution in [3.8, 4) is 12.3 Å². The molecule has 90 valence electrons. The Morgan fingerprint density at radius 1 is 1.35 bits per heavy atom. The Kier molecular flexibility index (Phi) is 2.66. The van der Waals surface area contributed by atoms with Gasteiger partial charge < -0.3 is 0 Å². The highest BCUT2D eigenvalue weighted by Gasteiger charge is 2.55. The third kappa shape index (κ3) is 1.52. The van der Waals surface area contributed by atoms with E-state index in [1.54, 1.807) is 6.92 Å². The van der Waals surface area contributed by atoms with Crippen LogP contribution >= 0.6 is 0 Å². The number of terminal acetylenes is 1. The molecular weight excluding hydrogens is 220 g/mol. The first-order valence-corrected chi connectivity index (χ1v) is 5.68. The van der Waals surface area contributed by atoms with E-state index in [0.29, 0.717) is 12.8 Å². The molecule has 1 atom stereocenters. The van der Waals surface area contributed by atoms with Gasteiger partial charge in [0.15, 0.2) is 0 Å². The Balaban J connectivity index is 2.38. The van der Waals surface area contributed by atoms with E-state index in [4.69, 9.17) is 6.42 Å². The second-order valence-electron chi connectivity index (χ2n) is 4.57. The second-order valence-corrected chi connectivity index (χ2v) is 4.57. The molecule has 0 aromatic rings. The molecule has 0 aromatic heterocycles. The lowest BCUT2D eigenvalue weighted by molar-refractivity contribution is -0.151. The van der Waals surface area contributed by atoms with E-state index in [1.807, 2.05) is 0 Å². The molecule has 1 aliphatic heterocycles. The molecule has 17 heavy (non-hydrogen) atoms. The number of amides is 4. The van der Waals surface area contributed by atoms with Crippen LogP contribution in [0.25, 0.3) is 0 Å². The van der Waals surface area contributed by atoms with Gasteiger partial charge in [-0.1, -0.05) is 18.8 Å². The molecule has 0 bridgehead atoms. The summed E-state index contributed by atoms with van der Waals surface area (Å²) >= 11 is 0. The van der Waals surface area contributed by atoms with Crippen LogP contribution in [0, 0.1) is 17.8 Å². The van der Waals surface area contributed by atoms with E-state index in [2.05, 4.69) is 11.2 Å². The van der Waals surface area contributed by atoms with E-state index >= 15 is 0 Å². The van der Waals surface area contributed by atoms with Crippen molar-refractivity contribution in [3.05, 3.63) is 0 Å². The molecule has 5 nitrogen and oxygen atoms in total. The van der Waals surface area contributed by atoms with Gasteiger partial charge in [-0.25, -0.2) is 9.69 Å². The molecule has 2 aliphatic rings. The van der Waals surface area contributed by atoms with Crippen molar-refractivity contribution in [1.29, 1.82) is 0 Å². The molecule has 1 heterocycles. The minimum atomic E-state index is -1.06. The Bertz CT molecular complexity index is 430. The third-order valence-electron chi connectivity index (χ3n) is 3.59. The summed E-state index contributed by atoms with van der Waals surface area (Å²) in [5.41, 5.74) is -1.06. The van der Waals surface area contributed by atoms with Crippen LogP contribution in [0.4, 0.5) is 4.79 Å². The van der Waals surface area contributed by atoms with Crippen LogP contribution in [0.5, 0.6) is 0 Å². The first-order valence-electron chi connectivity index (χ1n) is 5.68. The number of hydrogen-bond acceptors (Lipinski definition) is 3. The van der Waals surface area contributed by atoms with Crippen LogP contribution < -0.4 is 5.32 Å². The van der Waals surface area contributed by atoms with Crippen molar-refractivity contribution in [1.82, 2.24) is 10.2 Å². The maximum atomic E-state index is 12.3. The lowest BCUT2D eigenvalue weighted by atomic mass is 9.81. The van der Waals surface area contributed by atoms with Gasteiger partial charge in [-0.15, -0.1) is 6.42 Å². The molecule has 1 aliphatic carbocycles. The summed E-state index contributed by atoms with van der Waals surface area (Å²) in [6.45, 7) is 1.59. The largest absolute Gasteiger partial charge is 0.331 e. The number of carbonyl (C=O) groups excluding carboxylic acids is 3. The highest BCUT2D eigenvalue weighted by molar-refractivity contribution is 6.19. The Morgan fingerprint density at radius 3 is 2.47 bits per heavy atom. The van der Waals surface area contributed by atoms with Gasteiger partial charge in [0.05, 0.1) is 6.04 Å². The molecule has 1 N–H and O–H groups in total. The highest BCUT2D eigenvalue weighted by atomic mass is 16.2. The maximum Gasteiger partial charge on any atom is 0.331 e. The summed E-state index contributed by atoms with van der Waals surface area (Å²) in [7, 11) is 0. The minimum absolute atomic E-state index is 0.436. The summed E-state index contributed by atoms with van der Waals surface area (Å²) in [5, 5.41) is 2.24. The fourth-order valence-electron chi connectivity index (χ4n) is 2.54. The zero-order valence-electron chi connectivity index (χ0n) is 9.66. The van der Waals surface area contributed by atoms with E-state index in [1.165, 1.54) is 0 Å². The average Bonchev–Trinajstić information content (AvgIpc) is 2.77. The standard InChI is InChI=1S/C12H14N2O3/c1-3-8(2)14-10(16)12(6-4-5-7-12)9(15)13-11(14)17/h1,8H,4-7H2,2H3,(H,13,15,17). The predicted molar refractivity (Wildman–Crippen MR) is 59.6 cm³/mol. The summed E-state index contributed by atoms with van der Waals surface area (Å²) in [6, 6.07) is -1.34. The van der Waals surface area contributed by atoms with Gasteiger partial charge in [0, 0.05) is 0 Å². The second kappa shape index (κ2) is 3.88. The van der Waals surface area contributed by atoms with Crippen molar-refractivity contribution in [3.63, 3.8) is 0 Å². The fraction of sp³-hybridized carbons (Fsp3) is 0.583. The van der Waals surface area contributed by atoms with Crippen molar-refractivity contribution >= 4 is 17.8 Å². The molecule has 5 heteroatoms. The number of imide groups is 2. The zero-order valence-corrected chi connectivity index (χ0v) is 9.66. The molecular formula is C12H14N2O3. The average molecular weight is 234 g/mol. The van der Waals surface area contributed by atoms with Gasteiger partial charge >= 0.3 is 6.03 Å².